The van der Waals surface area contributed by atoms with Crippen LogP contribution in [-0.4, -0.2) is 22.1 Å². The highest BCUT2D eigenvalue weighted by Crippen LogP contribution is 2.09. The number of carbonyl (C=O) groups excluding carboxylic acids is 1. The number of hydrogen-bond acceptors (Lipinski definition) is 3. The van der Waals surface area contributed by atoms with Crippen molar-refractivity contribution in [3.63, 3.8) is 0 Å². The van der Waals surface area contributed by atoms with Gasteiger partial charge < -0.3 is 5.73 Å². The molecule has 0 bridgehead atoms. The Morgan fingerprint density at radius 3 is 2.93 bits per heavy atom. The van der Waals surface area contributed by atoms with Gasteiger partial charge in [0.2, 0.25) is 0 Å². The highest BCUT2D eigenvalue weighted by molar-refractivity contribution is 5.82. The number of ketones is 1. The van der Waals surface area contributed by atoms with Crippen molar-refractivity contribution in [3.8, 4) is 0 Å². The summed E-state index contributed by atoms with van der Waals surface area (Å²) in [6, 6.07) is 1.88. The lowest BCUT2D eigenvalue weighted by Gasteiger charge is -2.07. The van der Waals surface area contributed by atoms with Crippen molar-refractivity contribution in [1.82, 2.24) is 9.78 Å². The van der Waals surface area contributed by atoms with Gasteiger partial charge in [-0.15, -0.1) is 0 Å². The summed E-state index contributed by atoms with van der Waals surface area (Å²) < 4.78 is 1.72. The van der Waals surface area contributed by atoms with Crippen LogP contribution in [-0.2, 0) is 18.3 Å². The van der Waals surface area contributed by atoms with Crippen molar-refractivity contribution in [3.05, 3.63) is 18.0 Å². The van der Waals surface area contributed by atoms with Crippen molar-refractivity contribution < 1.29 is 4.79 Å². The maximum Gasteiger partial charge on any atom is 0.141 e. The van der Waals surface area contributed by atoms with Gasteiger partial charge in [-0.1, -0.05) is 6.92 Å². The first-order chi connectivity index (χ1) is 7.13. The third-order valence-corrected chi connectivity index (χ3v) is 2.52. The van der Waals surface area contributed by atoms with E-state index in [0.29, 0.717) is 13.0 Å². The van der Waals surface area contributed by atoms with Crippen LogP contribution in [0.5, 0.6) is 0 Å². The molecule has 0 aliphatic carbocycles. The molecule has 0 saturated carbocycles. The molecule has 4 heteroatoms. The molecule has 0 aliphatic heterocycles. The Balaban J connectivity index is 2.41. The highest BCUT2D eigenvalue weighted by atomic mass is 16.1. The second kappa shape index (κ2) is 5.66. The Morgan fingerprint density at radius 2 is 2.40 bits per heavy atom. The van der Waals surface area contributed by atoms with Gasteiger partial charge in [-0.05, 0) is 25.5 Å². The fourth-order valence-corrected chi connectivity index (χ4v) is 1.50. The topological polar surface area (TPSA) is 60.9 Å². The van der Waals surface area contributed by atoms with Gasteiger partial charge in [0.25, 0.3) is 0 Å². The fraction of sp³-hybridized carbons (Fsp3) is 0.636. The summed E-state index contributed by atoms with van der Waals surface area (Å²) in [5.74, 6) is 0.345. The van der Waals surface area contributed by atoms with Gasteiger partial charge in [0.1, 0.15) is 5.78 Å². The van der Waals surface area contributed by atoms with Crippen LogP contribution in [0.15, 0.2) is 12.3 Å². The van der Waals surface area contributed by atoms with Crippen LogP contribution in [0.3, 0.4) is 0 Å². The molecule has 1 rings (SSSR count). The van der Waals surface area contributed by atoms with Crippen molar-refractivity contribution in [2.24, 2.45) is 18.7 Å². The minimum Gasteiger partial charge on any atom is -0.330 e. The molecule has 0 radical (unpaired) electrons. The Hall–Kier alpha value is -1.16. The van der Waals surface area contributed by atoms with Crippen molar-refractivity contribution in [2.75, 3.05) is 6.54 Å². The molecule has 1 unspecified atom stereocenters. The molecule has 1 atom stereocenters. The Kier molecular flexibility index (Phi) is 4.49. The van der Waals surface area contributed by atoms with Crippen molar-refractivity contribution in [2.45, 2.75) is 26.2 Å². The van der Waals surface area contributed by atoms with Crippen LogP contribution in [0.25, 0.3) is 0 Å². The third-order valence-electron chi connectivity index (χ3n) is 2.52. The third kappa shape index (κ3) is 3.83. The minimum atomic E-state index is 0.0931. The van der Waals surface area contributed by atoms with E-state index in [9.17, 15) is 4.79 Å². The predicted molar refractivity (Wildman–Crippen MR) is 59.4 cm³/mol. The predicted octanol–water partition coefficient (Wildman–Crippen LogP) is 0.907. The maximum atomic E-state index is 11.7. The number of hydrogen-bond donors (Lipinski definition) is 1. The van der Waals surface area contributed by atoms with E-state index in [1.807, 2.05) is 26.2 Å². The van der Waals surface area contributed by atoms with Crippen molar-refractivity contribution >= 4 is 5.78 Å². The van der Waals surface area contributed by atoms with Gasteiger partial charge in [0.15, 0.2) is 0 Å². The summed E-state index contributed by atoms with van der Waals surface area (Å²) >= 11 is 0. The molecule has 15 heavy (non-hydrogen) atoms. The van der Waals surface area contributed by atoms with E-state index in [1.54, 1.807) is 4.68 Å². The molecule has 1 heterocycles. The summed E-state index contributed by atoms with van der Waals surface area (Å²) in [4.78, 5) is 11.7. The van der Waals surface area contributed by atoms with Gasteiger partial charge in [-0.2, -0.15) is 5.10 Å². The number of aryl methyl sites for hydroxylation is 1. The SMILES string of the molecule is CC(CCCN)C(=O)Cc1ccn(C)n1. The Bertz CT molecular complexity index is 319. The zero-order chi connectivity index (χ0) is 11.3. The highest BCUT2D eigenvalue weighted by Gasteiger charge is 2.13. The molecule has 84 valence electrons. The molecule has 0 saturated heterocycles. The number of rotatable bonds is 6. The van der Waals surface area contributed by atoms with E-state index in [2.05, 4.69) is 5.10 Å². The van der Waals surface area contributed by atoms with Crippen LogP contribution < -0.4 is 5.73 Å². The number of Topliss-reactive ketones (excluding diaryl/α,β-unsaturated/α-hetero) is 1. The van der Waals surface area contributed by atoms with Gasteiger partial charge in [0.05, 0.1) is 12.1 Å². The molecule has 0 spiro atoms. The van der Waals surface area contributed by atoms with Crippen LogP contribution in [0.2, 0.25) is 0 Å². The van der Waals surface area contributed by atoms with Gasteiger partial charge in [0, 0.05) is 19.2 Å². The van der Waals surface area contributed by atoms with Gasteiger partial charge in [-0.3, -0.25) is 9.48 Å². The molecular formula is C11H19N3O. The maximum absolute atomic E-state index is 11.7. The lowest BCUT2D eigenvalue weighted by molar-refractivity contribution is -0.121. The molecule has 1 aromatic heterocycles. The number of nitrogens with two attached hydrogens (primary N) is 1. The Labute approximate surface area is 90.5 Å². The monoisotopic (exact) mass is 209 g/mol. The molecule has 0 amide bonds. The average Bonchev–Trinajstić information content (AvgIpc) is 2.60. The van der Waals surface area contributed by atoms with E-state index >= 15 is 0 Å². The van der Waals surface area contributed by atoms with Crippen LogP contribution in [0.1, 0.15) is 25.5 Å². The minimum absolute atomic E-state index is 0.0931. The van der Waals surface area contributed by atoms with Crippen molar-refractivity contribution in [1.29, 1.82) is 0 Å². The summed E-state index contributed by atoms with van der Waals surface area (Å²) in [5, 5.41) is 4.18. The molecular weight excluding hydrogens is 190 g/mol. The normalized spacial score (nSPS) is 12.7. The standard InChI is InChI=1S/C11H19N3O/c1-9(4-3-6-12)11(15)8-10-5-7-14(2)13-10/h5,7,9H,3-4,6,8,12H2,1-2H3. The first-order valence-corrected chi connectivity index (χ1v) is 5.34. The zero-order valence-corrected chi connectivity index (χ0v) is 9.44. The molecule has 4 nitrogen and oxygen atoms in total. The van der Waals surface area contributed by atoms with E-state index < -0.39 is 0 Å². The molecule has 2 N–H and O–H groups in total. The molecule has 0 aliphatic rings. The lowest BCUT2D eigenvalue weighted by atomic mass is 9.97. The number of nitrogens with zero attached hydrogens (tertiary/aromatic N) is 2. The lowest BCUT2D eigenvalue weighted by Crippen LogP contribution is -2.15. The summed E-state index contributed by atoms with van der Waals surface area (Å²) in [7, 11) is 1.85. The second-order valence-electron chi connectivity index (χ2n) is 3.96. The Morgan fingerprint density at radius 1 is 1.67 bits per heavy atom. The smallest absolute Gasteiger partial charge is 0.141 e. The van der Waals surface area contributed by atoms with E-state index in [-0.39, 0.29) is 11.7 Å². The van der Waals surface area contributed by atoms with E-state index in [4.69, 9.17) is 5.73 Å². The average molecular weight is 209 g/mol. The number of carbonyl (C=O) groups is 1. The quantitative estimate of drug-likeness (QED) is 0.757. The molecule has 0 aromatic carbocycles. The fourth-order valence-electron chi connectivity index (χ4n) is 1.50. The van der Waals surface area contributed by atoms with Crippen LogP contribution in [0.4, 0.5) is 0 Å². The van der Waals surface area contributed by atoms with Gasteiger partial charge in [-0.25, -0.2) is 0 Å². The first-order valence-electron chi connectivity index (χ1n) is 5.34. The summed E-state index contributed by atoms with van der Waals surface area (Å²) in [6.07, 6.45) is 4.08. The first kappa shape index (κ1) is 11.9. The zero-order valence-electron chi connectivity index (χ0n) is 9.44. The molecule has 0 fully saturated rings. The van der Waals surface area contributed by atoms with E-state index in [0.717, 1.165) is 18.5 Å². The van der Waals surface area contributed by atoms with Crippen LogP contribution in [0, 0.1) is 5.92 Å². The number of aromatic nitrogens is 2. The largest absolute Gasteiger partial charge is 0.330 e. The van der Waals surface area contributed by atoms with E-state index in [1.165, 1.54) is 0 Å². The summed E-state index contributed by atoms with van der Waals surface area (Å²) in [6.45, 7) is 2.61. The van der Waals surface area contributed by atoms with Gasteiger partial charge >= 0.3 is 0 Å². The van der Waals surface area contributed by atoms with Crippen LogP contribution >= 0.6 is 0 Å². The molecule has 1 aromatic rings. The second-order valence-corrected chi connectivity index (χ2v) is 3.96. The summed E-state index contributed by atoms with van der Waals surface area (Å²) in [5.41, 5.74) is 6.26.